The number of anilines is 2. The number of halogens is 1. The summed E-state index contributed by atoms with van der Waals surface area (Å²) in [6.45, 7) is 0. The average Bonchev–Trinajstić information content (AvgIpc) is 3.10. The molecular formula is C18H12IN3O2S2. The molecule has 2 aromatic carbocycles. The number of carbonyl (C=O) groups excluding carboxylic acids is 2. The monoisotopic (exact) mass is 493 g/mol. The van der Waals surface area contributed by atoms with Gasteiger partial charge in [0.1, 0.15) is 0 Å². The molecule has 1 aromatic heterocycles. The van der Waals surface area contributed by atoms with E-state index in [2.05, 4.69) is 38.2 Å². The maximum Gasteiger partial charge on any atom is 0.257 e. The molecule has 5 nitrogen and oxygen atoms in total. The van der Waals surface area contributed by atoms with Crippen molar-refractivity contribution in [1.29, 1.82) is 0 Å². The lowest BCUT2D eigenvalue weighted by Crippen LogP contribution is -2.19. The molecule has 0 bridgehead atoms. The number of amides is 2. The summed E-state index contributed by atoms with van der Waals surface area (Å²) in [5.41, 5.74) is 3.00. The first-order chi connectivity index (χ1) is 12.6. The lowest BCUT2D eigenvalue weighted by molar-refractivity contribution is -0.113. The van der Waals surface area contributed by atoms with E-state index in [1.165, 1.54) is 23.1 Å². The van der Waals surface area contributed by atoms with Gasteiger partial charge in [0.05, 0.1) is 17.1 Å². The molecule has 130 valence electrons. The van der Waals surface area contributed by atoms with Crippen LogP contribution >= 0.6 is 45.7 Å². The fraction of sp³-hybridized carbons (Fsp3) is 0.0556. The zero-order chi connectivity index (χ0) is 18.1. The number of nitrogens with zero attached hydrogens (tertiary/aromatic N) is 1. The van der Waals surface area contributed by atoms with Gasteiger partial charge in [-0.2, -0.15) is 0 Å². The van der Waals surface area contributed by atoms with Crippen LogP contribution < -0.4 is 10.6 Å². The van der Waals surface area contributed by atoms with Crippen LogP contribution in [-0.4, -0.2) is 22.6 Å². The van der Waals surface area contributed by atoms with E-state index in [0.717, 1.165) is 19.7 Å². The molecule has 0 unspecified atom stereocenters. The van der Waals surface area contributed by atoms with Crippen molar-refractivity contribution in [2.45, 2.75) is 4.90 Å². The first-order valence-corrected chi connectivity index (χ1v) is 10.6. The second kappa shape index (κ2) is 7.37. The van der Waals surface area contributed by atoms with Crippen LogP contribution in [0, 0.1) is 3.57 Å². The van der Waals surface area contributed by atoms with Gasteiger partial charge in [0, 0.05) is 25.0 Å². The standard InChI is InChI=1S/C18H12IN3O2S2/c19-12-4-1-10(2-5-12)14-8-26-18(21-14)22-17(24)11-3-6-15-13(7-11)20-16(23)9-25-15/h1-8H,9H2,(H,20,23)(H,21,22,24). The van der Waals surface area contributed by atoms with Gasteiger partial charge in [-0.1, -0.05) is 12.1 Å². The van der Waals surface area contributed by atoms with E-state index in [1.807, 2.05) is 35.7 Å². The molecule has 2 N–H and O–H groups in total. The molecule has 8 heteroatoms. The molecule has 0 aliphatic carbocycles. The number of thiazole rings is 1. The number of thioether (sulfide) groups is 1. The van der Waals surface area contributed by atoms with E-state index < -0.39 is 0 Å². The summed E-state index contributed by atoms with van der Waals surface area (Å²) in [5, 5.41) is 8.08. The van der Waals surface area contributed by atoms with E-state index in [9.17, 15) is 9.59 Å². The van der Waals surface area contributed by atoms with Gasteiger partial charge in [0.2, 0.25) is 5.91 Å². The Morgan fingerprint density at radius 3 is 2.81 bits per heavy atom. The molecule has 2 amide bonds. The Bertz CT molecular complexity index is 1000. The molecule has 0 saturated heterocycles. The molecule has 1 aliphatic heterocycles. The van der Waals surface area contributed by atoms with E-state index in [-0.39, 0.29) is 11.8 Å². The van der Waals surface area contributed by atoms with E-state index in [0.29, 0.717) is 22.1 Å². The van der Waals surface area contributed by atoms with E-state index in [4.69, 9.17) is 0 Å². The van der Waals surface area contributed by atoms with Crippen LogP contribution in [0.4, 0.5) is 10.8 Å². The lowest BCUT2D eigenvalue weighted by Gasteiger charge is -2.16. The minimum Gasteiger partial charge on any atom is -0.324 e. The maximum absolute atomic E-state index is 12.5. The van der Waals surface area contributed by atoms with Gasteiger partial charge in [-0.05, 0) is 52.9 Å². The molecule has 26 heavy (non-hydrogen) atoms. The third-order valence-electron chi connectivity index (χ3n) is 3.74. The predicted octanol–water partition coefficient (Wildman–Crippen LogP) is 4.71. The second-order valence-corrected chi connectivity index (χ2v) is 8.67. The van der Waals surface area contributed by atoms with Crippen LogP contribution in [0.15, 0.2) is 52.7 Å². The normalized spacial score (nSPS) is 13.0. The minimum atomic E-state index is -0.249. The number of rotatable bonds is 3. The topological polar surface area (TPSA) is 71.1 Å². The van der Waals surface area contributed by atoms with Crippen molar-refractivity contribution in [2.24, 2.45) is 0 Å². The number of fused-ring (bicyclic) bond motifs is 1. The molecule has 4 rings (SSSR count). The molecule has 2 heterocycles. The summed E-state index contributed by atoms with van der Waals surface area (Å²) < 4.78 is 1.16. The van der Waals surface area contributed by atoms with E-state index >= 15 is 0 Å². The first-order valence-electron chi connectivity index (χ1n) is 7.68. The maximum atomic E-state index is 12.5. The van der Waals surface area contributed by atoms with Gasteiger partial charge in [-0.25, -0.2) is 4.98 Å². The highest BCUT2D eigenvalue weighted by molar-refractivity contribution is 14.1. The molecule has 0 radical (unpaired) electrons. The number of nitrogens with one attached hydrogen (secondary N) is 2. The zero-order valence-corrected chi connectivity index (χ0v) is 17.1. The van der Waals surface area contributed by atoms with Crippen LogP contribution in [0.2, 0.25) is 0 Å². The largest absolute Gasteiger partial charge is 0.324 e. The van der Waals surface area contributed by atoms with Crippen LogP contribution in [-0.2, 0) is 4.79 Å². The summed E-state index contributed by atoms with van der Waals surface area (Å²) in [6, 6.07) is 13.4. The van der Waals surface area contributed by atoms with Crippen LogP contribution in [0.25, 0.3) is 11.3 Å². The predicted molar refractivity (Wildman–Crippen MR) is 114 cm³/mol. The number of aromatic nitrogens is 1. The Morgan fingerprint density at radius 1 is 1.19 bits per heavy atom. The minimum absolute atomic E-state index is 0.0536. The Morgan fingerprint density at radius 2 is 2.00 bits per heavy atom. The highest BCUT2D eigenvalue weighted by atomic mass is 127. The molecular weight excluding hydrogens is 481 g/mol. The van der Waals surface area contributed by atoms with Crippen LogP contribution in [0.5, 0.6) is 0 Å². The third-order valence-corrected chi connectivity index (χ3v) is 6.29. The molecule has 1 aliphatic rings. The highest BCUT2D eigenvalue weighted by Crippen LogP contribution is 2.32. The SMILES string of the molecule is O=C1CSc2ccc(C(=O)Nc3nc(-c4ccc(I)cc4)cs3)cc2N1. The summed E-state index contributed by atoms with van der Waals surface area (Å²) in [7, 11) is 0. The highest BCUT2D eigenvalue weighted by Gasteiger charge is 2.18. The Labute approximate surface area is 171 Å². The average molecular weight is 493 g/mol. The molecule has 0 spiro atoms. The number of benzene rings is 2. The van der Waals surface area contributed by atoms with Crippen molar-refractivity contribution < 1.29 is 9.59 Å². The Kier molecular flexibility index (Phi) is 4.96. The van der Waals surface area contributed by atoms with Crippen molar-refractivity contribution in [3.63, 3.8) is 0 Å². The Hall–Kier alpha value is -1.91. The smallest absolute Gasteiger partial charge is 0.257 e. The quantitative estimate of drug-likeness (QED) is 0.519. The third kappa shape index (κ3) is 3.76. The molecule has 3 aromatic rings. The van der Waals surface area contributed by atoms with Crippen molar-refractivity contribution in [3.05, 3.63) is 57.0 Å². The summed E-state index contributed by atoms with van der Waals surface area (Å²) in [5.74, 6) is 0.0992. The van der Waals surface area contributed by atoms with Gasteiger partial charge in [0.15, 0.2) is 5.13 Å². The molecule has 0 saturated carbocycles. The Balaban J connectivity index is 1.51. The molecule has 0 fully saturated rings. The van der Waals surface area contributed by atoms with Gasteiger partial charge >= 0.3 is 0 Å². The zero-order valence-electron chi connectivity index (χ0n) is 13.3. The fourth-order valence-electron chi connectivity index (χ4n) is 2.48. The van der Waals surface area contributed by atoms with Crippen LogP contribution in [0.1, 0.15) is 10.4 Å². The van der Waals surface area contributed by atoms with Gasteiger partial charge in [-0.3, -0.25) is 14.9 Å². The number of hydrogen-bond acceptors (Lipinski definition) is 5. The van der Waals surface area contributed by atoms with Gasteiger partial charge in [0.25, 0.3) is 5.91 Å². The van der Waals surface area contributed by atoms with Crippen molar-refractivity contribution in [3.8, 4) is 11.3 Å². The van der Waals surface area contributed by atoms with Crippen molar-refractivity contribution in [2.75, 3.05) is 16.4 Å². The summed E-state index contributed by atoms with van der Waals surface area (Å²) in [4.78, 5) is 29.5. The second-order valence-electron chi connectivity index (χ2n) is 5.55. The number of carbonyl (C=O) groups is 2. The lowest BCUT2D eigenvalue weighted by atomic mass is 10.2. The van der Waals surface area contributed by atoms with Gasteiger partial charge < -0.3 is 5.32 Å². The van der Waals surface area contributed by atoms with Gasteiger partial charge in [-0.15, -0.1) is 23.1 Å². The molecule has 0 atom stereocenters. The van der Waals surface area contributed by atoms with E-state index in [1.54, 1.807) is 12.1 Å². The van der Waals surface area contributed by atoms with Crippen molar-refractivity contribution in [1.82, 2.24) is 4.98 Å². The summed E-state index contributed by atoms with van der Waals surface area (Å²) in [6.07, 6.45) is 0. The van der Waals surface area contributed by atoms with Crippen molar-refractivity contribution >= 4 is 68.3 Å². The van der Waals surface area contributed by atoms with Crippen LogP contribution in [0.3, 0.4) is 0 Å². The summed E-state index contributed by atoms with van der Waals surface area (Å²) >= 11 is 5.11. The first kappa shape index (κ1) is 17.5. The fourth-order valence-corrected chi connectivity index (χ4v) is 4.34. The number of hydrogen-bond donors (Lipinski definition) is 2.